The molecule has 1 aromatic heterocycles. The number of thiophene rings is 1. The lowest BCUT2D eigenvalue weighted by Gasteiger charge is -2.09. The summed E-state index contributed by atoms with van der Waals surface area (Å²) in [5.41, 5.74) is 1.94. The standard InChI is InChI=1S/C12H10N2O2S3/c13-7-9-3-4-11(14-19(15)16)10(6-9)8-18-12-2-1-5-17-12/h1-6,14H,8H2,(H,15,16). The summed E-state index contributed by atoms with van der Waals surface area (Å²) in [5.74, 6) is 0.634. The highest BCUT2D eigenvalue weighted by atomic mass is 32.2. The lowest BCUT2D eigenvalue weighted by Crippen LogP contribution is -2.04. The normalized spacial score (nSPS) is 11.8. The number of rotatable bonds is 5. The van der Waals surface area contributed by atoms with Crippen molar-refractivity contribution in [1.29, 1.82) is 5.26 Å². The third-order valence-electron chi connectivity index (χ3n) is 2.30. The molecule has 2 N–H and O–H groups in total. The Bertz CT molecular complexity index is 620. The van der Waals surface area contributed by atoms with Crippen molar-refractivity contribution in [2.75, 3.05) is 4.72 Å². The van der Waals surface area contributed by atoms with E-state index in [2.05, 4.69) is 10.8 Å². The zero-order valence-corrected chi connectivity index (χ0v) is 12.1. The number of nitriles is 1. The maximum absolute atomic E-state index is 10.8. The average Bonchev–Trinajstić information content (AvgIpc) is 2.90. The van der Waals surface area contributed by atoms with E-state index < -0.39 is 11.3 Å². The molecular weight excluding hydrogens is 300 g/mol. The van der Waals surface area contributed by atoms with E-state index in [1.807, 2.05) is 17.5 Å². The van der Waals surface area contributed by atoms with Gasteiger partial charge in [0.2, 0.25) is 0 Å². The maximum Gasteiger partial charge on any atom is 0.259 e. The van der Waals surface area contributed by atoms with E-state index in [0.29, 0.717) is 17.0 Å². The summed E-state index contributed by atoms with van der Waals surface area (Å²) in [6, 6.07) is 11.1. The topological polar surface area (TPSA) is 73.1 Å². The molecule has 0 fully saturated rings. The molecule has 0 saturated carbocycles. The van der Waals surface area contributed by atoms with Gasteiger partial charge in [-0.1, -0.05) is 6.07 Å². The van der Waals surface area contributed by atoms with Crippen molar-refractivity contribution in [2.45, 2.75) is 9.96 Å². The van der Waals surface area contributed by atoms with E-state index in [1.54, 1.807) is 41.3 Å². The molecule has 19 heavy (non-hydrogen) atoms. The van der Waals surface area contributed by atoms with Gasteiger partial charge in [-0.05, 0) is 35.2 Å². The molecule has 0 aliphatic heterocycles. The van der Waals surface area contributed by atoms with Crippen LogP contribution in [0.4, 0.5) is 5.69 Å². The Morgan fingerprint density at radius 2 is 2.32 bits per heavy atom. The Balaban J connectivity index is 2.20. The number of hydrogen-bond donors (Lipinski definition) is 2. The number of hydrogen-bond acceptors (Lipinski definition) is 4. The maximum atomic E-state index is 10.8. The first-order chi connectivity index (χ1) is 9.19. The average molecular weight is 310 g/mol. The minimum Gasteiger partial charge on any atom is -0.289 e. The second-order valence-electron chi connectivity index (χ2n) is 3.56. The highest BCUT2D eigenvalue weighted by Gasteiger charge is 2.07. The molecule has 0 saturated heterocycles. The van der Waals surface area contributed by atoms with Crippen LogP contribution < -0.4 is 4.72 Å². The third-order valence-corrected chi connectivity index (χ3v) is 4.87. The van der Waals surface area contributed by atoms with E-state index >= 15 is 0 Å². The Morgan fingerprint density at radius 1 is 1.47 bits per heavy atom. The van der Waals surface area contributed by atoms with Crippen LogP contribution in [-0.2, 0) is 17.0 Å². The van der Waals surface area contributed by atoms with E-state index in [4.69, 9.17) is 9.81 Å². The molecule has 1 unspecified atom stereocenters. The summed E-state index contributed by atoms with van der Waals surface area (Å²) >= 11 is 1.15. The van der Waals surface area contributed by atoms with Crippen molar-refractivity contribution in [1.82, 2.24) is 0 Å². The molecule has 0 spiro atoms. The van der Waals surface area contributed by atoms with Crippen LogP contribution in [0.3, 0.4) is 0 Å². The summed E-state index contributed by atoms with van der Waals surface area (Å²) in [7, 11) is 0. The Hall–Kier alpha value is -1.33. The van der Waals surface area contributed by atoms with Crippen LogP contribution in [0.1, 0.15) is 11.1 Å². The first kappa shape index (κ1) is 14.1. The molecule has 1 heterocycles. The zero-order chi connectivity index (χ0) is 13.7. The zero-order valence-electron chi connectivity index (χ0n) is 9.70. The minimum atomic E-state index is -2.12. The largest absolute Gasteiger partial charge is 0.289 e. The molecule has 0 radical (unpaired) electrons. The Kier molecular flexibility index (Phi) is 4.99. The molecule has 4 nitrogen and oxygen atoms in total. The van der Waals surface area contributed by atoms with Gasteiger partial charge in [0.05, 0.1) is 21.5 Å². The van der Waals surface area contributed by atoms with Gasteiger partial charge >= 0.3 is 0 Å². The number of anilines is 1. The fourth-order valence-electron chi connectivity index (χ4n) is 1.47. The Morgan fingerprint density at radius 3 is 2.95 bits per heavy atom. The van der Waals surface area contributed by atoms with Crippen LogP contribution in [-0.4, -0.2) is 8.76 Å². The van der Waals surface area contributed by atoms with Crippen LogP contribution in [0.15, 0.2) is 39.9 Å². The third kappa shape index (κ3) is 4.08. The highest BCUT2D eigenvalue weighted by molar-refractivity contribution is 8.00. The molecule has 2 rings (SSSR count). The summed E-state index contributed by atoms with van der Waals surface area (Å²) in [5, 5.41) is 10.9. The van der Waals surface area contributed by atoms with Crippen molar-refractivity contribution in [3.05, 3.63) is 46.8 Å². The van der Waals surface area contributed by atoms with Crippen LogP contribution >= 0.6 is 23.1 Å². The lowest BCUT2D eigenvalue weighted by atomic mass is 10.1. The quantitative estimate of drug-likeness (QED) is 0.655. The van der Waals surface area contributed by atoms with Gasteiger partial charge in [-0.25, -0.2) is 4.21 Å². The van der Waals surface area contributed by atoms with E-state index in [-0.39, 0.29) is 0 Å². The van der Waals surface area contributed by atoms with Gasteiger partial charge in [-0.2, -0.15) is 5.26 Å². The number of benzene rings is 1. The highest BCUT2D eigenvalue weighted by Crippen LogP contribution is 2.30. The SMILES string of the molecule is N#Cc1ccc(NS(=O)O)c(CSc2cccs2)c1. The molecule has 1 atom stereocenters. The van der Waals surface area contributed by atoms with Gasteiger partial charge in [0.15, 0.2) is 0 Å². The van der Waals surface area contributed by atoms with Gasteiger partial charge in [-0.3, -0.25) is 9.27 Å². The van der Waals surface area contributed by atoms with E-state index in [1.165, 1.54) is 4.21 Å². The molecule has 7 heteroatoms. The van der Waals surface area contributed by atoms with Crippen LogP contribution in [0, 0.1) is 11.3 Å². The molecule has 0 bridgehead atoms. The van der Waals surface area contributed by atoms with Crippen molar-refractivity contribution in [3.63, 3.8) is 0 Å². The fourth-order valence-corrected chi connectivity index (χ4v) is 3.63. The second-order valence-corrected chi connectivity index (χ2v) is 6.48. The predicted molar refractivity (Wildman–Crippen MR) is 79.4 cm³/mol. The monoisotopic (exact) mass is 310 g/mol. The van der Waals surface area contributed by atoms with Crippen molar-refractivity contribution in [3.8, 4) is 6.07 Å². The van der Waals surface area contributed by atoms with Gasteiger partial charge in [-0.15, -0.1) is 23.1 Å². The predicted octanol–water partition coefficient (Wildman–Crippen LogP) is 3.46. The number of nitrogens with one attached hydrogen (secondary N) is 1. The molecule has 0 aliphatic rings. The number of nitrogens with zero attached hydrogens (tertiary/aromatic N) is 1. The van der Waals surface area contributed by atoms with Gasteiger partial charge in [0, 0.05) is 5.75 Å². The lowest BCUT2D eigenvalue weighted by molar-refractivity contribution is 0.570. The molecule has 2 aromatic rings. The van der Waals surface area contributed by atoms with Gasteiger partial charge < -0.3 is 0 Å². The summed E-state index contributed by atoms with van der Waals surface area (Å²) in [4.78, 5) is 0. The summed E-state index contributed by atoms with van der Waals surface area (Å²) in [6.07, 6.45) is 0. The van der Waals surface area contributed by atoms with Gasteiger partial charge in [0.1, 0.15) is 0 Å². The molecule has 0 amide bonds. The molecule has 1 aromatic carbocycles. The molecule has 98 valence electrons. The Labute approximate surface area is 121 Å². The fraction of sp³-hybridized carbons (Fsp3) is 0.0833. The van der Waals surface area contributed by atoms with Crippen LogP contribution in [0.5, 0.6) is 0 Å². The van der Waals surface area contributed by atoms with E-state index in [0.717, 1.165) is 5.56 Å². The summed E-state index contributed by atoms with van der Waals surface area (Å²) in [6.45, 7) is 0. The van der Waals surface area contributed by atoms with Crippen molar-refractivity contribution in [2.24, 2.45) is 0 Å². The smallest absolute Gasteiger partial charge is 0.259 e. The second kappa shape index (κ2) is 6.73. The number of thioether (sulfide) groups is 1. The first-order valence-corrected chi connectivity index (χ1v) is 8.23. The molecule has 0 aliphatic carbocycles. The first-order valence-electron chi connectivity index (χ1n) is 5.26. The van der Waals surface area contributed by atoms with Crippen molar-refractivity contribution >= 4 is 40.1 Å². The van der Waals surface area contributed by atoms with Crippen LogP contribution in [0.2, 0.25) is 0 Å². The van der Waals surface area contributed by atoms with Crippen LogP contribution in [0.25, 0.3) is 0 Å². The summed E-state index contributed by atoms with van der Waals surface area (Å²) < 4.78 is 23.4. The van der Waals surface area contributed by atoms with Crippen molar-refractivity contribution < 1.29 is 8.76 Å². The minimum absolute atomic E-state index is 0.538. The van der Waals surface area contributed by atoms with Gasteiger partial charge in [0.25, 0.3) is 11.3 Å². The molecular formula is C12H10N2O2S3. The van der Waals surface area contributed by atoms with E-state index in [9.17, 15) is 4.21 Å².